The Morgan fingerprint density at radius 1 is 1.15 bits per heavy atom. The van der Waals surface area contributed by atoms with Gasteiger partial charge in [0.25, 0.3) is 0 Å². The molecule has 0 bridgehead atoms. The monoisotopic (exact) mass is 351 g/mol. The minimum atomic E-state index is 0.151. The van der Waals surface area contributed by atoms with E-state index in [2.05, 4.69) is 72.4 Å². The van der Waals surface area contributed by atoms with E-state index in [0.717, 1.165) is 18.2 Å². The molecular formula is C17H22BrNS. The van der Waals surface area contributed by atoms with Crippen LogP contribution in [0, 0.1) is 5.92 Å². The topological polar surface area (TPSA) is 12.9 Å². The summed E-state index contributed by atoms with van der Waals surface area (Å²) in [5.41, 5.74) is 2.77. The summed E-state index contributed by atoms with van der Waals surface area (Å²) in [7, 11) is 0. The Balaban J connectivity index is 2.01. The molecule has 20 heavy (non-hydrogen) atoms. The Morgan fingerprint density at radius 2 is 1.85 bits per heavy atom. The Labute approximate surface area is 134 Å². The van der Waals surface area contributed by atoms with E-state index in [0.29, 0.717) is 5.92 Å². The van der Waals surface area contributed by atoms with Gasteiger partial charge in [-0.15, -0.1) is 11.3 Å². The maximum atomic E-state index is 4.81. The summed E-state index contributed by atoms with van der Waals surface area (Å²) in [5, 5.41) is 4.49. The Kier molecular flexibility index (Phi) is 5.39. The molecule has 0 N–H and O–H groups in total. The first kappa shape index (κ1) is 15.7. The largest absolute Gasteiger partial charge is 0.246 e. The van der Waals surface area contributed by atoms with Crippen LogP contribution < -0.4 is 0 Å². The van der Waals surface area contributed by atoms with Crippen molar-refractivity contribution in [2.75, 3.05) is 5.33 Å². The number of halogens is 1. The third kappa shape index (κ3) is 4.42. The molecule has 1 aromatic carbocycles. The molecule has 0 aliphatic rings. The van der Waals surface area contributed by atoms with Crippen LogP contribution in [0.5, 0.6) is 0 Å². The number of rotatable bonds is 5. The van der Waals surface area contributed by atoms with E-state index in [1.54, 1.807) is 11.3 Å². The van der Waals surface area contributed by atoms with E-state index in [1.165, 1.54) is 16.3 Å². The standard InChI is InChI=1S/C17H22BrNS/c1-17(2,3)15-12-20-16(19-15)10-14(11-18)9-13-7-5-4-6-8-13/h4-8,12,14H,9-11H2,1-3H3. The van der Waals surface area contributed by atoms with E-state index >= 15 is 0 Å². The van der Waals surface area contributed by atoms with Crippen LogP contribution >= 0.6 is 27.3 Å². The van der Waals surface area contributed by atoms with Crippen molar-refractivity contribution < 1.29 is 0 Å². The zero-order valence-electron chi connectivity index (χ0n) is 12.4. The van der Waals surface area contributed by atoms with Crippen molar-refractivity contribution in [3.05, 3.63) is 52.0 Å². The molecular weight excluding hydrogens is 330 g/mol. The summed E-state index contributed by atoms with van der Waals surface area (Å²) in [5.74, 6) is 0.608. The average Bonchev–Trinajstić information content (AvgIpc) is 2.87. The Bertz CT molecular complexity index is 527. The summed E-state index contributed by atoms with van der Waals surface area (Å²) >= 11 is 5.45. The molecule has 0 amide bonds. The lowest BCUT2D eigenvalue weighted by molar-refractivity contribution is 0.558. The van der Waals surface area contributed by atoms with E-state index in [4.69, 9.17) is 4.98 Å². The van der Waals surface area contributed by atoms with Crippen molar-refractivity contribution in [1.29, 1.82) is 0 Å². The molecule has 108 valence electrons. The molecule has 0 fully saturated rings. The fourth-order valence-corrected chi connectivity index (χ4v) is 3.72. The third-order valence-corrected chi connectivity index (χ3v) is 5.16. The van der Waals surface area contributed by atoms with Crippen LogP contribution in [0.1, 0.15) is 37.0 Å². The Morgan fingerprint density at radius 3 is 2.40 bits per heavy atom. The number of aromatic nitrogens is 1. The zero-order valence-corrected chi connectivity index (χ0v) is 14.8. The van der Waals surface area contributed by atoms with Gasteiger partial charge in [-0.1, -0.05) is 67.0 Å². The molecule has 1 atom stereocenters. The summed E-state index contributed by atoms with van der Waals surface area (Å²) in [6.07, 6.45) is 2.16. The molecule has 0 aliphatic carbocycles. The maximum Gasteiger partial charge on any atom is 0.0931 e. The lowest BCUT2D eigenvalue weighted by Gasteiger charge is -2.15. The normalized spacial score (nSPS) is 13.4. The third-order valence-electron chi connectivity index (χ3n) is 3.37. The van der Waals surface area contributed by atoms with E-state index in [1.807, 2.05) is 0 Å². The van der Waals surface area contributed by atoms with Gasteiger partial charge in [-0.3, -0.25) is 0 Å². The lowest BCUT2D eigenvalue weighted by atomic mass is 9.93. The van der Waals surface area contributed by atoms with Gasteiger partial charge in [0.1, 0.15) is 0 Å². The molecule has 2 rings (SSSR count). The van der Waals surface area contributed by atoms with Gasteiger partial charge in [-0.2, -0.15) is 0 Å². The maximum absolute atomic E-state index is 4.81. The van der Waals surface area contributed by atoms with Gasteiger partial charge in [0.15, 0.2) is 0 Å². The van der Waals surface area contributed by atoms with Crippen LogP contribution in [-0.4, -0.2) is 10.3 Å². The second-order valence-electron chi connectivity index (χ2n) is 6.29. The highest BCUT2D eigenvalue weighted by Crippen LogP contribution is 2.26. The molecule has 1 nitrogen and oxygen atoms in total. The van der Waals surface area contributed by atoms with E-state index in [-0.39, 0.29) is 5.41 Å². The quantitative estimate of drug-likeness (QED) is 0.671. The molecule has 2 aromatic rings. The molecule has 1 aromatic heterocycles. The number of alkyl halides is 1. The van der Waals surface area contributed by atoms with Crippen molar-refractivity contribution >= 4 is 27.3 Å². The van der Waals surface area contributed by atoms with Crippen LogP contribution in [0.2, 0.25) is 0 Å². The zero-order chi connectivity index (χ0) is 14.6. The fourth-order valence-electron chi connectivity index (χ4n) is 2.12. The minimum Gasteiger partial charge on any atom is -0.246 e. The minimum absolute atomic E-state index is 0.151. The van der Waals surface area contributed by atoms with Gasteiger partial charge in [0.2, 0.25) is 0 Å². The summed E-state index contributed by atoms with van der Waals surface area (Å²) < 4.78 is 0. The average molecular weight is 352 g/mol. The van der Waals surface area contributed by atoms with Crippen LogP contribution in [0.15, 0.2) is 35.7 Å². The van der Waals surface area contributed by atoms with Crippen LogP contribution in [-0.2, 0) is 18.3 Å². The van der Waals surface area contributed by atoms with Gasteiger partial charge in [0, 0.05) is 22.5 Å². The first-order valence-corrected chi connectivity index (χ1v) is 9.04. The molecule has 0 aliphatic heterocycles. The van der Waals surface area contributed by atoms with Crippen molar-refractivity contribution in [2.45, 2.75) is 39.0 Å². The number of nitrogens with zero attached hydrogens (tertiary/aromatic N) is 1. The highest BCUT2D eigenvalue weighted by atomic mass is 79.9. The van der Waals surface area contributed by atoms with Crippen LogP contribution in [0.25, 0.3) is 0 Å². The SMILES string of the molecule is CC(C)(C)c1csc(CC(CBr)Cc2ccccc2)n1. The smallest absolute Gasteiger partial charge is 0.0931 e. The predicted molar refractivity (Wildman–Crippen MR) is 91.9 cm³/mol. The van der Waals surface area contributed by atoms with Crippen molar-refractivity contribution in [3.8, 4) is 0 Å². The van der Waals surface area contributed by atoms with Crippen molar-refractivity contribution in [3.63, 3.8) is 0 Å². The lowest BCUT2D eigenvalue weighted by Crippen LogP contribution is -2.13. The van der Waals surface area contributed by atoms with E-state index in [9.17, 15) is 0 Å². The predicted octanol–water partition coefficient (Wildman–Crippen LogP) is 5.24. The molecule has 0 radical (unpaired) electrons. The van der Waals surface area contributed by atoms with Gasteiger partial charge >= 0.3 is 0 Å². The number of hydrogen-bond acceptors (Lipinski definition) is 2. The van der Waals surface area contributed by atoms with Crippen LogP contribution in [0.3, 0.4) is 0 Å². The first-order valence-electron chi connectivity index (χ1n) is 7.04. The van der Waals surface area contributed by atoms with Crippen LogP contribution in [0.4, 0.5) is 0 Å². The Hall–Kier alpha value is -0.670. The number of benzene rings is 1. The molecule has 3 heteroatoms. The second kappa shape index (κ2) is 6.86. The van der Waals surface area contributed by atoms with Gasteiger partial charge < -0.3 is 0 Å². The highest BCUT2D eigenvalue weighted by Gasteiger charge is 2.19. The molecule has 0 saturated carbocycles. The van der Waals surface area contributed by atoms with Gasteiger partial charge in [-0.05, 0) is 17.9 Å². The fraction of sp³-hybridized carbons (Fsp3) is 0.471. The summed E-state index contributed by atoms with van der Waals surface area (Å²) in [6.45, 7) is 6.66. The number of hydrogen-bond donors (Lipinski definition) is 0. The molecule has 0 saturated heterocycles. The van der Waals surface area contributed by atoms with E-state index < -0.39 is 0 Å². The van der Waals surface area contributed by atoms with Gasteiger partial charge in [0.05, 0.1) is 10.7 Å². The molecule has 0 spiro atoms. The van der Waals surface area contributed by atoms with Crippen molar-refractivity contribution in [1.82, 2.24) is 4.98 Å². The van der Waals surface area contributed by atoms with Crippen molar-refractivity contribution in [2.24, 2.45) is 5.92 Å². The first-order chi connectivity index (χ1) is 9.49. The highest BCUT2D eigenvalue weighted by molar-refractivity contribution is 9.09. The summed E-state index contributed by atoms with van der Waals surface area (Å²) in [6, 6.07) is 10.7. The second-order valence-corrected chi connectivity index (χ2v) is 7.88. The number of thiazole rings is 1. The molecule has 1 unspecified atom stereocenters. The van der Waals surface area contributed by atoms with Gasteiger partial charge in [-0.25, -0.2) is 4.98 Å². The molecule has 1 heterocycles. The summed E-state index contributed by atoms with van der Waals surface area (Å²) in [4.78, 5) is 4.81.